The van der Waals surface area contributed by atoms with Crippen molar-refractivity contribution >= 4 is 5.65 Å². The lowest BCUT2D eigenvalue weighted by Gasteiger charge is -2.21. The van der Waals surface area contributed by atoms with Gasteiger partial charge in [0.15, 0.2) is 5.65 Å². The molecule has 6 nitrogen and oxygen atoms in total. The molecular formula is C18H20N4O2. The fourth-order valence-corrected chi connectivity index (χ4v) is 2.99. The minimum atomic E-state index is -0.0693. The molecule has 0 spiro atoms. The highest BCUT2D eigenvalue weighted by Crippen LogP contribution is 2.29. The second-order valence-corrected chi connectivity index (χ2v) is 6.23. The van der Waals surface area contributed by atoms with E-state index < -0.39 is 0 Å². The summed E-state index contributed by atoms with van der Waals surface area (Å²) in [7, 11) is 1.67. The molecule has 1 saturated carbocycles. The number of methoxy groups -OCH3 is 1. The first-order chi connectivity index (χ1) is 11.7. The first-order valence-corrected chi connectivity index (χ1v) is 8.16. The second-order valence-electron chi connectivity index (χ2n) is 6.23. The summed E-state index contributed by atoms with van der Waals surface area (Å²) in [6, 6.07) is 12.2. The number of nitrogens with zero attached hydrogens (tertiary/aromatic N) is 3. The van der Waals surface area contributed by atoms with Crippen LogP contribution in [0.15, 0.2) is 47.4 Å². The Balaban J connectivity index is 1.55. The van der Waals surface area contributed by atoms with Crippen LogP contribution in [0.5, 0.6) is 5.75 Å². The van der Waals surface area contributed by atoms with Crippen molar-refractivity contribution in [3.63, 3.8) is 0 Å². The number of fused-ring (bicyclic) bond motifs is 1. The largest absolute Gasteiger partial charge is 0.497 e. The zero-order chi connectivity index (χ0) is 16.5. The Morgan fingerprint density at radius 1 is 1.25 bits per heavy atom. The predicted molar refractivity (Wildman–Crippen MR) is 91.1 cm³/mol. The number of aromatic nitrogens is 3. The predicted octanol–water partition coefficient (Wildman–Crippen LogP) is 2.20. The van der Waals surface area contributed by atoms with Gasteiger partial charge in [0, 0.05) is 37.5 Å². The normalized spacial score (nSPS) is 14.4. The number of H-pyrrole nitrogens is 1. The van der Waals surface area contributed by atoms with Gasteiger partial charge < -0.3 is 4.74 Å². The molecule has 0 atom stereocenters. The van der Waals surface area contributed by atoms with Crippen molar-refractivity contribution in [3.05, 3.63) is 64.2 Å². The van der Waals surface area contributed by atoms with Crippen molar-refractivity contribution < 1.29 is 4.74 Å². The van der Waals surface area contributed by atoms with Crippen LogP contribution in [0.1, 0.15) is 24.1 Å². The number of benzene rings is 1. The molecule has 1 fully saturated rings. The Morgan fingerprint density at radius 3 is 2.75 bits per heavy atom. The van der Waals surface area contributed by atoms with Gasteiger partial charge in [-0.15, -0.1) is 0 Å². The molecule has 1 aliphatic carbocycles. The Labute approximate surface area is 139 Å². The molecule has 0 bridgehead atoms. The third-order valence-corrected chi connectivity index (χ3v) is 4.41. The van der Waals surface area contributed by atoms with E-state index in [1.165, 1.54) is 22.9 Å². The summed E-state index contributed by atoms with van der Waals surface area (Å²) in [6.07, 6.45) is 4.15. The van der Waals surface area contributed by atoms with E-state index in [1.54, 1.807) is 19.4 Å². The highest BCUT2D eigenvalue weighted by atomic mass is 16.5. The van der Waals surface area contributed by atoms with Crippen molar-refractivity contribution in [1.29, 1.82) is 0 Å². The summed E-state index contributed by atoms with van der Waals surface area (Å²) in [6.45, 7) is 1.54. The van der Waals surface area contributed by atoms with E-state index in [4.69, 9.17) is 4.74 Å². The molecule has 2 aromatic heterocycles. The minimum absolute atomic E-state index is 0.0693. The summed E-state index contributed by atoms with van der Waals surface area (Å²) in [5, 5.41) is 2.87. The number of nitrogens with one attached hydrogen (secondary N) is 1. The van der Waals surface area contributed by atoms with Crippen LogP contribution in [0.2, 0.25) is 0 Å². The van der Waals surface area contributed by atoms with Gasteiger partial charge in [0.05, 0.1) is 12.8 Å². The van der Waals surface area contributed by atoms with E-state index in [9.17, 15) is 4.79 Å². The molecular weight excluding hydrogens is 304 g/mol. The van der Waals surface area contributed by atoms with Crippen molar-refractivity contribution in [2.75, 3.05) is 7.11 Å². The Hall–Kier alpha value is -2.60. The van der Waals surface area contributed by atoms with Crippen molar-refractivity contribution in [2.45, 2.75) is 32.0 Å². The van der Waals surface area contributed by atoms with Gasteiger partial charge in [-0.1, -0.05) is 12.1 Å². The van der Waals surface area contributed by atoms with Gasteiger partial charge >= 0.3 is 0 Å². The van der Waals surface area contributed by atoms with Crippen LogP contribution in [0.25, 0.3) is 5.65 Å². The quantitative estimate of drug-likeness (QED) is 0.755. The molecule has 4 rings (SSSR count). The van der Waals surface area contributed by atoms with Gasteiger partial charge in [-0.25, -0.2) is 9.50 Å². The SMILES string of the molecule is COc1ccc(CN(Cc2cc(=O)n3[nH]ccc3n2)C2CC2)cc1. The standard InChI is InChI=1S/C18H20N4O2/c1-24-16-6-2-13(3-7-16)11-21(15-4-5-15)12-14-10-18(23)22-17(20-14)8-9-19-22/h2-3,6-10,15,19H,4-5,11-12H2,1H3. The van der Waals surface area contributed by atoms with Gasteiger partial charge in [-0.2, -0.15) is 0 Å². The van der Waals surface area contributed by atoms with Crippen molar-refractivity contribution in [1.82, 2.24) is 19.5 Å². The van der Waals surface area contributed by atoms with Crippen LogP contribution in [0.4, 0.5) is 0 Å². The van der Waals surface area contributed by atoms with E-state index in [0.717, 1.165) is 18.0 Å². The summed E-state index contributed by atoms with van der Waals surface area (Å²) in [4.78, 5) is 19.1. The molecule has 124 valence electrons. The molecule has 0 amide bonds. The maximum Gasteiger partial charge on any atom is 0.272 e. The average Bonchev–Trinajstić information content (AvgIpc) is 3.33. The second kappa shape index (κ2) is 6.13. The number of rotatable bonds is 6. The van der Waals surface area contributed by atoms with Crippen LogP contribution < -0.4 is 10.3 Å². The number of hydrogen-bond donors (Lipinski definition) is 1. The number of aromatic amines is 1. The molecule has 0 unspecified atom stereocenters. The zero-order valence-electron chi connectivity index (χ0n) is 13.6. The van der Waals surface area contributed by atoms with Gasteiger partial charge in [-0.05, 0) is 30.5 Å². The van der Waals surface area contributed by atoms with Crippen molar-refractivity contribution in [2.24, 2.45) is 0 Å². The van der Waals surface area contributed by atoms with E-state index in [-0.39, 0.29) is 5.56 Å². The van der Waals surface area contributed by atoms with E-state index in [2.05, 4.69) is 27.1 Å². The van der Waals surface area contributed by atoms with Gasteiger partial charge in [-0.3, -0.25) is 14.8 Å². The number of ether oxygens (including phenoxy) is 1. The first-order valence-electron chi connectivity index (χ1n) is 8.16. The zero-order valence-corrected chi connectivity index (χ0v) is 13.6. The molecule has 6 heteroatoms. The smallest absolute Gasteiger partial charge is 0.272 e. The molecule has 1 aliphatic rings. The van der Waals surface area contributed by atoms with E-state index in [0.29, 0.717) is 18.2 Å². The maximum absolute atomic E-state index is 12.1. The highest BCUT2D eigenvalue weighted by molar-refractivity contribution is 5.36. The van der Waals surface area contributed by atoms with Gasteiger partial charge in [0.2, 0.25) is 0 Å². The summed E-state index contributed by atoms with van der Waals surface area (Å²) >= 11 is 0. The minimum Gasteiger partial charge on any atom is -0.497 e. The summed E-state index contributed by atoms with van der Waals surface area (Å²) < 4.78 is 6.67. The van der Waals surface area contributed by atoms with Crippen LogP contribution in [0.3, 0.4) is 0 Å². The van der Waals surface area contributed by atoms with E-state index in [1.807, 2.05) is 18.2 Å². The maximum atomic E-state index is 12.1. The third-order valence-electron chi connectivity index (χ3n) is 4.41. The van der Waals surface area contributed by atoms with Crippen LogP contribution in [-0.4, -0.2) is 32.6 Å². The Bertz CT molecular complexity index is 893. The molecule has 24 heavy (non-hydrogen) atoms. The van der Waals surface area contributed by atoms with Crippen LogP contribution >= 0.6 is 0 Å². The molecule has 1 aromatic carbocycles. The Kier molecular flexibility index (Phi) is 3.82. The fourth-order valence-electron chi connectivity index (χ4n) is 2.99. The fraction of sp³-hybridized carbons (Fsp3) is 0.333. The molecule has 3 aromatic rings. The monoisotopic (exact) mass is 324 g/mol. The molecule has 0 radical (unpaired) electrons. The average molecular weight is 324 g/mol. The lowest BCUT2D eigenvalue weighted by molar-refractivity contribution is 0.242. The van der Waals surface area contributed by atoms with Crippen LogP contribution in [0, 0.1) is 0 Å². The summed E-state index contributed by atoms with van der Waals surface area (Å²) in [5.41, 5.74) is 2.65. The third kappa shape index (κ3) is 3.05. The summed E-state index contributed by atoms with van der Waals surface area (Å²) in [5.74, 6) is 0.865. The Morgan fingerprint density at radius 2 is 2.04 bits per heavy atom. The lowest BCUT2D eigenvalue weighted by atomic mass is 10.2. The van der Waals surface area contributed by atoms with Gasteiger partial charge in [0.1, 0.15) is 5.75 Å². The molecule has 0 aliphatic heterocycles. The highest BCUT2D eigenvalue weighted by Gasteiger charge is 2.29. The topological polar surface area (TPSA) is 62.6 Å². The van der Waals surface area contributed by atoms with Crippen molar-refractivity contribution in [3.8, 4) is 5.75 Å². The first kappa shape index (κ1) is 15.0. The molecule has 2 heterocycles. The van der Waals surface area contributed by atoms with Gasteiger partial charge in [0.25, 0.3) is 5.56 Å². The molecule has 0 saturated heterocycles. The lowest BCUT2D eigenvalue weighted by Crippen LogP contribution is -2.27. The van der Waals surface area contributed by atoms with E-state index >= 15 is 0 Å². The number of hydrogen-bond acceptors (Lipinski definition) is 4. The van der Waals surface area contributed by atoms with Crippen LogP contribution in [-0.2, 0) is 13.1 Å². The molecule has 1 N–H and O–H groups in total.